The van der Waals surface area contributed by atoms with Crippen LogP contribution >= 0.6 is 0 Å². The zero-order chi connectivity index (χ0) is 26.0. The number of rotatable bonds is 7. The summed E-state index contributed by atoms with van der Waals surface area (Å²) in [4.78, 5) is 38.5. The molecule has 8 heteroatoms. The number of aromatic nitrogens is 3. The molecule has 1 atom stereocenters. The molecule has 0 spiro atoms. The summed E-state index contributed by atoms with van der Waals surface area (Å²) in [5.74, 6) is 1.01. The summed E-state index contributed by atoms with van der Waals surface area (Å²) in [6.45, 7) is 16.7. The van der Waals surface area contributed by atoms with Crippen molar-refractivity contribution in [1.82, 2.24) is 25.2 Å². The first-order chi connectivity index (χ1) is 17.2. The standard InChI is InChI=1S/C28H35N7O/c1-8-18(5)35-27(33-20(7)23-19(6)31-15-32-25(23)21-10-11-21)24(16(2)3)34-26(28(35)36)30-14-22-12-9-17(4)13-29-22/h9,12-13,15,18,21H,7-8,10-11,14H2,1-6H3,(H,30,34)/b33-27+/t18-/m0/s1. The van der Waals surface area contributed by atoms with Crippen LogP contribution in [0.3, 0.4) is 0 Å². The fourth-order valence-electron chi connectivity index (χ4n) is 4.16. The molecule has 2 aliphatic rings. The molecule has 188 valence electrons. The van der Waals surface area contributed by atoms with Gasteiger partial charge in [0.2, 0.25) is 0 Å². The molecule has 4 rings (SSSR count). The molecule has 2 aromatic heterocycles. The molecule has 36 heavy (non-hydrogen) atoms. The maximum Gasteiger partial charge on any atom is 0.295 e. The van der Waals surface area contributed by atoms with Gasteiger partial charge in [-0.05, 0) is 71.1 Å². The van der Waals surface area contributed by atoms with Crippen molar-refractivity contribution < 1.29 is 4.79 Å². The van der Waals surface area contributed by atoms with Crippen LogP contribution in [0.25, 0.3) is 5.70 Å². The van der Waals surface area contributed by atoms with E-state index in [4.69, 9.17) is 9.98 Å². The predicted molar refractivity (Wildman–Crippen MR) is 143 cm³/mol. The molecule has 8 nitrogen and oxygen atoms in total. The second kappa shape index (κ2) is 10.5. The maximum atomic E-state index is 13.7. The van der Waals surface area contributed by atoms with Crippen LogP contribution in [0, 0.1) is 13.8 Å². The lowest BCUT2D eigenvalue weighted by molar-refractivity contribution is -0.122. The quantitative estimate of drug-likeness (QED) is 0.604. The van der Waals surface area contributed by atoms with Gasteiger partial charge in [0.05, 0.1) is 29.3 Å². The highest BCUT2D eigenvalue weighted by Gasteiger charge is 2.36. The van der Waals surface area contributed by atoms with Crippen LogP contribution in [-0.2, 0) is 11.3 Å². The minimum absolute atomic E-state index is 0.0841. The minimum atomic E-state index is -0.212. The second-order valence-corrected chi connectivity index (χ2v) is 9.80. The van der Waals surface area contributed by atoms with Gasteiger partial charge in [-0.25, -0.2) is 20.0 Å². The number of hydrogen-bond donors (Lipinski definition) is 1. The average Bonchev–Trinajstić information content (AvgIpc) is 3.69. The van der Waals surface area contributed by atoms with Crippen LogP contribution in [0.2, 0.25) is 0 Å². The Kier molecular flexibility index (Phi) is 7.43. The summed E-state index contributed by atoms with van der Waals surface area (Å²) in [7, 11) is 0. The van der Waals surface area contributed by atoms with Crippen molar-refractivity contribution in [2.45, 2.75) is 79.3 Å². The van der Waals surface area contributed by atoms with E-state index in [0.29, 0.717) is 29.7 Å². The summed E-state index contributed by atoms with van der Waals surface area (Å²) in [6, 6.07) is 3.87. The Bertz CT molecular complexity index is 1270. The van der Waals surface area contributed by atoms with Gasteiger partial charge < -0.3 is 5.32 Å². The fraction of sp³-hybridized carbons (Fsp3) is 0.429. The van der Waals surface area contributed by atoms with Crippen LogP contribution in [0.15, 0.2) is 52.5 Å². The van der Waals surface area contributed by atoms with Crippen molar-refractivity contribution in [1.29, 1.82) is 0 Å². The number of hydrogen-bond acceptors (Lipinski definition) is 7. The second-order valence-electron chi connectivity index (χ2n) is 9.80. The number of nitrogens with zero attached hydrogens (tertiary/aromatic N) is 6. The Labute approximate surface area is 213 Å². The highest BCUT2D eigenvalue weighted by Crippen LogP contribution is 2.42. The number of pyridine rings is 1. The molecule has 1 amide bonds. The molecular weight excluding hydrogens is 450 g/mol. The third kappa shape index (κ3) is 5.27. The van der Waals surface area contributed by atoms with E-state index in [-0.39, 0.29) is 17.8 Å². The first-order valence-corrected chi connectivity index (χ1v) is 12.6. The Morgan fingerprint density at radius 3 is 2.58 bits per heavy atom. The van der Waals surface area contributed by atoms with Crippen LogP contribution in [-0.4, -0.2) is 43.5 Å². The lowest BCUT2D eigenvalue weighted by Crippen LogP contribution is -2.53. The lowest BCUT2D eigenvalue weighted by atomic mass is 10.1. The average molecular weight is 486 g/mol. The molecule has 1 aliphatic heterocycles. The Balaban J connectivity index is 1.74. The summed E-state index contributed by atoms with van der Waals surface area (Å²) in [5, 5.41) is 3.21. The van der Waals surface area contributed by atoms with E-state index in [0.717, 1.165) is 53.0 Å². The van der Waals surface area contributed by atoms with Crippen LogP contribution in [0.5, 0.6) is 0 Å². The molecule has 0 bridgehead atoms. The van der Waals surface area contributed by atoms with Crippen LogP contribution in [0.4, 0.5) is 0 Å². The molecule has 3 heterocycles. The van der Waals surface area contributed by atoms with Gasteiger partial charge in [0.25, 0.3) is 5.91 Å². The highest BCUT2D eigenvalue weighted by molar-refractivity contribution is 6.44. The van der Waals surface area contributed by atoms with E-state index in [1.807, 2.05) is 52.9 Å². The van der Waals surface area contributed by atoms with Gasteiger partial charge in [0, 0.05) is 23.7 Å². The van der Waals surface area contributed by atoms with E-state index in [1.165, 1.54) is 0 Å². The van der Waals surface area contributed by atoms with Gasteiger partial charge >= 0.3 is 0 Å². The van der Waals surface area contributed by atoms with E-state index in [2.05, 4.69) is 33.8 Å². The van der Waals surface area contributed by atoms with Gasteiger partial charge in [0.15, 0.2) is 11.7 Å². The normalized spacial score (nSPS) is 17.8. The largest absolute Gasteiger partial charge is 0.360 e. The minimum Gasteiger partial charge on any atom is -0.360 e. The van der Waals surface area contributed by atoms with Gasteiger partial charge in [-0.15, -0.1) is 0 Å². The number of allylic oxidation sites excluding steroid dienone is 1. The fourth-order valence-corrected chi connectivity index (χ4v) is 4.16. The topological polar surface area (TPSA) is 95.7 Å². The summed E-state index contributed by atoms with van der Waals surface area (Å²) >= 11 is 0. The molecular formula is C28H35N7O. The molecule has 1 aliphatic carbocycles. The number of aliphatic imine (C=N–C) groups is 2. The van der Waals surface area contributed by atoms with Crippen molar-refractivity contribution in [2.75, 3.05) is 0 Å². The Hall–Kier alpha value is -3.68. The number of aryl methyl sites for hydroxylation is 2. The van der Waals surface area contributed by atoms with Gasteiger partial charge in [-0.1, -0.05) is 19.6 Å². The van der Waals surface area contributed by atoms with E-state index >= 15 is 0 Å². The summed E-state index contributed by atoms with van der Waals surface area (Å²) < 4.78 is 0. The van der Waals surface area contributed by atoms with Gasteiger partial charge in [-0.3, -0.25) is 14.7 Å². The van der Waals surface area contributed by atoms with Crippen molar-refractivity contribution in [3.8, 4) is 0 Å². The first kappa shape index (κ1) is 25.4. The predicted octanol–water partition coefficient (Wildman–Crippen LogP) is 4.86. The van der Waals surface area contributed by atoms with Gasteiger partial charge in [-0.2, -0.15) is 0 Å². The number of carbonyl (C=O) groups is 1. The molecule has 1 fully saturated rings. The van der Waals surface area contributed by atoms with Crippen molar-refractivity contribution >= 4 is 23.3 Å². The lowest BCUT2D eigenvalue weighted by Gasteiger charge is -2.34. The molecule has 0 aromatic carbocycles. The van der Waals surface area contributed by atoms with E-state index < -0.39 is 0 Å². The SMILES string of the molecule is C=C(/N=C1\C(=C(C)C)N=C(NCc2ccc(C)cn2)C(=O)N1[C@@H](C)CC)c1c(C)ncnc1C1CC1. The number of nitrogens with one attached hydrogen (secondary N) is 1. The molecule has 0 unspecified atom stereocenters. The van der Waals surface area contributed by atoms with Crippen molar-refractivity contribution in [3.63, 3.8) is 0 Å². The zero-order valence-corrected chi connectivity index (χ0v) is 22.1. The number of amides is 1. The molecule has 0 radical (unpaired) electrons. The smallest absolute Gasteiger partial charge is 0.295 e. The third-order valence-corrected chi connectivity index (χ3v) is 6.56. The van der Waals surface area contributed by atoms with E-state index in [1.54, 1.807) is 11.2 Å². The molecule has 1 N–H and O–H groups in total. The van der Waals surface area contributed by atoms with Crippen LogP contribution in [0.1, 0.15) is 81.1 Å². The molecule has 1 saturated carbocycles. The maximum absolute atomic E-state index is 13.7. The summed E-state index contributed by atoms with van der Waals surface area (Å²) in [5.41, 5.74) is 6.81. The highest BCUT2D eigenvalue weighted by atomic mass is 16.2. The Morgan fingerprint density at radius 2 is 1.97 bits per heavy atom. The van der Waals surface area contributed by atoms with Gasteiger partial charge in [0.1, 0.15) is 12.0 Å². The molecule has 2 aromatic rings. The zero-order valence-electron chi connectivity index (χ0n) is 22.1. The van der Waals surface area contributed by atoms with Crippen molar-refractivity contribution in [3.05, 3.63) is 70.7 Å². The molecule has 0 saturated heterocycles. The Morgan fingerprint density at radius 1 is 1.22 bits per heavy atom. The third-order valence-electron chi connectivity index (χ3n) is 6.56. The monoisotopic (exact) mass is 485 g/mol. The van der Waals surface area contributed by atoms with Crippen molar-refractivity contribution in [2.24, 2.45) is 9.98 Å². The first-order valence-electron chi connectivity index (χ1n) is 12.6. The summed E-state index contributed by atoms with van der Waals surface area (Å²) in [6.07, 6.45) is 6.41. The number of amidine groups is 2. The number of carbonyl (C=O) groups excluding carboxylic acids is 1. The van der Waals surface area contributed by atoms with E-state index in [9.17, 15) is 4.79 Å². The van der Waals surface area contributed by atoms with Crippen LogP contribution < -0.4 is 5.32 Å².